The molecule has 5 rings (SSSR count). The van der Waals surface area contributed by atoms with Crippen molar-refractivity contribution in [1.82, 2.24) is 25.9 Å². The smallest absolute Gasteiger partial charge is 0.177 e. The standard InChI is InChI=1S/C25H23BrN6OS/c1-33-22-13-11-21(12-14-22)32-25(34-17-19-5-3-2-4-6-19)23(15-27-32)24-28-29-30-31(24)16-18-7-9-20(26)10-8-18/h2-15,29-30H,16-17H2,1H3. The van der Waals surface area contributed by atoms with Crippen LogP contribution >= 0.6 is 27.7 Å². The molecule has 34 heavy (non-hydrogen) atoms. The number of hydrogen-bond donors (Lipinski definition) is 2. The van der Waals surface area contributed by atoms with E-state index >= 15 is 0 Å². The minimum absolute atomic E-state index is 0.648. The molecule has 0 fully saturated rings. The zero-order chi connectivity index (χ0) is 23.3. The first-order chi connectivity index (χ1) is 16.7. The van der Waals surface area contributed by atoms with Crippen molar-refractivity contribution in [3.63, 3.8) is 0 Å². The fourth-order valence-electron chi connectivity index (χ4n) is 3.61. The third kappa shape index (κ3) is 4.96. The van der Waals surface area contributed by atoms with Crippen LogP contribution in [0.2, 0.25) is 0 Å². The Morgan fingerprint density at radius 2 is 1.71 bits per heavy atom. The minimum Gasteiger partial charge on any atom is -0.497 e. The van der Waals surface area contributed by atoms with E-state index in [-0.39, 0.29) is 0 Å². The Morgan fingerprint density at radius 3 is 2.44 bits per heavy atom. The molecule has 0 unspecified atom stereocenters. The van der Waals surface area contributed by atoms with Crippen LogP contribution in [0.1, 0.15) is 16.7 Å². The lowest BCUT2D eigenvalue weighted by molar-refractivity contribution is 0.288. The molecule has 0 atom stereocenters. The van der Waals surface area contributed by atoms with Gasteiger partial charge in [-0.25, -0.2) is 10.2 Å². The van der Waals surface area contributed by atoms with E-state index in [0.717, 1.165) is 43.7 Å². The third-order valence-electron chi connectivity index (χ3n) is 5.36. The van der Waals surface area contributed by atoms with Crippen LogP contribution in [-0.2, 0) is 12.3 Å². The van der Waals surface area contributed by atoms with Crippen molar-refractivity contribution in [3.05, 3.63) is 106 Å². The number of hydrogen-bond acceptors (Lipinski definition) is 7. The number of hydrazone groups is 1. The topological polar surface area (TPSA) is 66.7 Å². The second-order valence-electron chi connectivity index (χ2n) is 7.62. The summed E-state index contributed by atoms with van der Waals surface area (Å²) in [6.45, 7) is 0.648. The summed E-state index contributed by atoms with van der Waals surface area (Å²) in [6, 6.07) is 26.6. The second-order valence-corrected chi connectivity index (χ2v) is 9.50. The summed E-state index contributed by atoms with van der Waals surface area (Å²) in [5, 5.41) is 12.3. The van der Waals surface area contributed by atoms with Gasteiger partial charge in [0.1, 0.15) is 10.8 Å². The van der Waals surface area contributed by atoms with Gasteiger partial charge >= 0.3 is 0 Å². The molecule has 0 amide bonds. The molecule has 7 nitrogen and oxygen atoms in total. The number of nitrogens with zero attached hydrogens (tertiary/aromatic N) is 4. The largest absolute Gasteiger partial charge is 0.497 e. The average molecular weight is 535 g/mol. The maximum Gasteiger partial charge on any atom is 0.177 e. The third-order valence-corrected chi connectivity index (χ3v) is 7.03. The van der Waals surface area contributed by atoms with Crippen molar-refractivity contribution >= 4 is 33.5 Å². The Morgan fingerprint density at radius 1 is 0.941 bits per heavy atom. The Bertz CT molecular complexity index is 1280. The lowest BCUT2D eigenvalue weighted by Gasteiger charge is -2.19. The number of thioether (sulfide) groups is 1. The Kier molecular flexibility index (Phi) is 6.84. The van der Waals surface area contributed by atoms with E-state index in [0.29, 0.717) is 6.54 Å². The molecule has 2 N–H and O–H groups in total. The van der Waals surface area contributed by atoms with Gasteiger partial charge in [-0.1, -0.05) is 58.4 Å². The molecule has 172 valence electrons. The van der Waals surface area contributed by atoms with Gasteiger partial charge in [-0.15, -0.1) is 22.4 Å². The number of rotatable bonds is 8. The highest BCUT2D eigenvalue weighted by Crippen LogP contribution is 2.31. The molecule has 2 heterocycles. The zero-order valence-corrected chi connectivity index (χ0v) is 20.9. The summed E-state index contributed by atoms with van der Waals surface area (Å²) in [4.78, 5) is 0. The van der Waals surface area contributed by atoms with E-state index in [4.69, 9.17) is 9.84 Å². The van der Waals surface area contributed by atoms with Gasteiger partial charge in [-0.05, 0) is 47.5 Å². The van der Waals surface area contributed by atoms with E-state index in [1.165, 1.54) is 5.56 Å². The molecule has 0 bridgehead atoms. The van der Waals surface area contributed by atoms with Crippen molar-refractivity contribution < 1.29 is 4.74 Å². The van der Waals surface area contributed by atoms with Gasteiger partial charge in [0, 0.05) is 10.2 Å². The molecule has 0 aliphatic carbocycles. The number of nitrogens with one attached hydrogen (secondary N) is 2. The summed E-state index contributed by atoms with van der Waals surface area (Å²) in [5.74, 6) is 2.42. The average Bonchev–Trinajstić information content (AvgIpc) is 3.51. The molecular formula is C25H23BrN6OS. The molecule has 9 heteroatoms. The molecule has 3 aromatic carbocycles. The van der Waals surface area contributed by atoms with E-state index in [1.54, 1.807) is 18.9 Å². The van der Waals surface area contributed by atoms with Gasteiger partial charge in [-0.2, -0.15) is 5.10 Å². The van der Waals surface area contributed by atoms with Gasteiger partial charge in [0.15, 0.2) is 5.84 Å². The summed E-state index contributed by atoms with van der Waals surface area (Å²) in [5.41, 5.74) is 10.4. The monoisotopic (exact) mass is 534 g/mol. The Labute approximate surface area is 210 Å². The molecule has 1 aliphatic heterocycles. The summed E-state index contributed by atoms with van der Waals surface area (Å²) >= 11 is 5.24. The first-order valence-corrected chi connectivity index (χ1v) is 12.5. The van der Waals surface area contributed by atoms with Gasteiger partial charge in [-0.3, -0.25) is 5.01 Å². The molecule has 0 radical (unpaired) electrons. The predicted molar refractivity (Wildman–Crippen MR) is 139 cm³/mol. The number of ether oxygens (including phenoxy) is 1. The lowest BCUT2D eigenvalue weighted by atomic mass is 10.2. The summed E-state index contributed by atoms with van der Waals surface area (Å²) in [7, 11) is 1.67. The van der Waals surface area contributed by atoms with E-state index in [2.05, 4.69) is 68.5 Å². The number of aromatic nitrogens is 2. The van der Waals surface area contributed by atoms with Crippen LogP contribution in [0.5, 0.6) is 5.75 Å². The predicted octanol–water partition coefficient (Wildman–Crippen LogP) is 5.12. The molecule has 0 saturated carbocycles. The van der Waals surface area contributed by atoms with Crippen LogP contribution in [0.3, 0.4) is 0 Å². The highest BCUT2D eigenvalue weighted by Gasteiger charge is 2.25. The molecule has 0 saturated heterocycles. The van der Waals surface area contributed by atoms with E-state index in [1.807, 2.05) is 58.4 Å². The van der Waals surface area contributed by atoms with Crippen molar-refractivity contribution in [2.75, 3.05) is 7.11 Å². The summed E-state index contributed by atoms with van der Waals surface area (Å²) < 4.78 is 8.34. The maximum absolute atomic E-state index is 5.32. The highest BCUT2D eigenvalue weighted by molar-refractivity contribution is 9.10. The summed E-state index contributed by atoms with van der Waals surface area (Å²) in [6.07, 6.45) is 1.87. The van der Waals surface area contributed by atoms with Crippen LogP contribution in [0.25, 0.3) is 5.69 Å². The first kappa shape index (κ1) is 22.5. The Hall–Kier alpha value is -3.27. The lowest BCUT2D eigenvalue weighted by Crippen LogP contribution is -2.40. The van der Waals surface area contributed by atoms with Crippen molar-refractivity contribution in [1.29, 1.82) is 0 Å². The molecule has 1 aromatic heterocycles. The van der Waals surface area contributed by atoms with Crippen molar-refractivity contribution in [2.45, 2.75) is 17.3 Å². The van der Waals surface area contributed by atoms with Crippen LogP contribution in [-0.4, -0.2) is 27.7 Å². The van der Waals surface area contributed by atoms with Crippen LogP contribution < -0.4 is 15.8 Å². The van der Waals surface area contributed by atoms with E-state index in [9.17, 15) is 0 Å². The van der Waals surface area contributed by atoms with Gasteiger partial charge in [0.2, 0.25) is 0 Å². The van der Waals surface area contributed by atoms with Gasteiger partial charge < -0.3 is 4.74 Å². The number of hydrazine groups is 2. The SMILES string of the molecule is COc1ccc(-n2ncc(C3=NNNN3Cc3ccc(Br)cc3)c2SCc2ccccc2)cc1. The fourth-order valence-corrected chi connectivity index (χ4v) is 4.94. The molecular weight excluding hydrogens is 512 g/mol. The molecule has 4 aromatic rings. The first-order valence-electron chi connectivity index (χ1n) is 10.7. The van der Waals surface area contributed by atoms with Crippen LogP contribution in [0.15, 0.2) is 99.7 Å². The quantitative estimate of drug-likeness (QED) is 0.306. The number of benzene rings is 3. The molecule has 1 aliphatic rings. The highest BCUT2D eigenvalue weighted by atomic mass is 79.9. The number of amidine groups is 1. The van der Waals surface area contributed by atoms with Gasteiger partial charge in [0.25, 0.3) is 0 Å². The number of methoxy groups -OCH3 is 1. The van der Waals surface area contributed by atoms with Crippen molar-refractivity contribution in [2.24, 2.45) is 5.10 Å². The van der Waals surface area contributed by atoms with Crippen LogP contribution in [0, 0.1) is 0 Å². The fraction of sp³-hybridized carbons (Fsp3) is 0.120. The Balaban J connectivity index is 1.47. The van der Waals surface area contributed by atoms with E-state index < -0.39 is 0 Å². The maximum atomic E-state index is 5.32. The van der Waals surface area contributed by atoms with Crippen LogP contribution in [0.4, 0.5) is 0 Å². The van der Waals surface area contributed by atoms with Gasteiger partial charge in [0.05, 0.1) is 31.1 Å². The second kappa shape index (κ2) is 10.3. The molecule has 0 spiro atoms. The minimum atomic E-state index is 0.648. The van der Waals surface area contributed by atoms with Crippen molar-refractivity contribution in [3.8, 4) is 11.4 Å². The normalized spacial score (nSPS) is 13.0. The zero-order valence-electron chi connectivity index (χ0n) is 18.5. The number of halogens is 1.